The molecule has 4 rings (SSSR count). The molecular formula is C23H27NO5. The zero-order valence-corrected chi connectivity index (χ0v) is 17.6. The van der Waals surface area contributed by atoms with Crippen LogP contribution in [0.3, 0.4) is 0 Å². The van der Waals surface area contributed by atoms with Gasteiger partial charge in [-0.15, -0.1) is 0 Å². The molecule has 29 heavy (non-hydrogen) atoms. The van der Waals surface area contributed by atoms with E-state index < -0.39 is 0 Å². The minimum absolute atomic E-state index is 0.0134. The molecule has 0 amide bonds. The Labute approximate surface area is 170 Å². The van der Waals surface area contributed by atoms with E-state index in [1.807, 2.05) is 35.8 Å². The predicted molar refractivity (Wildman–Crippen MR) is 114 cm³/mol. The van der Waals surface area contributed by atoms with E-state index >= 15 is 0 Å². The number of nitrogens with zero attached hydrogens (tertiary/aromatic N) is 1. The molecule has 0 N–H and O–H groups in total. The Morgan fingerprint density at radius 3 is 2.48 bits per heavy atom. The summed E-state index contributed by atoms with van der Waals surface area (Å²) in [5.41, 5.74) is 4.24. The number of fused-ring (bicyclic) bond motifs is 4. The lowest BCUT2D eigenvalue weighted by Gasteiger charge is -2.24. The van der Waals surface area contributed by atoms with Crippen molar-refractivity contribution in [3.05, 3.63) is 57.9 Å². The number of hydrogen-bond acceptors (Lipinski definition) is 5. The standard InChI is InChI=1S/C21H21NO4.C2H6O/c1-13-9-14-7-8-22-17(16(14)11-19(13)26-12-24-2)10-15-5-4-6-18(25-3)20(15)21(22)23;1-3-2/h4-6,9-11H,7-8,12H2,1-3H3;1-2H3. The van der Waals surface area contributed by atoms with E-state index in [2.05, 4.69) is 16.9 Å². The summed E-state index contributed by atoms with van der Waals surface area (Å²) in [6, 6.07) is 11.9. The third-order valence-corrected chi connectivity index (χ3v) is 4.93. The number of aromatic nitrogens is 1. The van der Waals surface area contributed by atoms with Crippen LogP contribution in [0.25, 0.3) is 22.0 Å². The van der Waals surface area contributed by atoms with Gasteiger partial charge in [0.1, 0.15) is 11.5 Å². The molecule has 0 bridgehead atoms. The maximum Gasteiger partial charge on any atom is 0.262 e. The van der Waals surface area contributed by atoms with E-state index in [0.29, 0.717) is 17.7 Å². The summed E-state index contributed by atoms with van der Waals surface area (Å²) in [6.45, 7) is 2.88. The molecule has 0 unspecified atom stereocenters. The van der Waals surface area contributed by atoms with Gasteiger partial charge in [0.15, 0.2) is 6.79 Å². The molecule has 2 aromatic carbocycles. The largest absolute Gasteiger partial charge is 0.496 e. The number of pyridine rings is 1. The Morgan fingerprint density at radius 1 is 1.03 bits per heavy atom. The van der Waals surface area contributed by atoms with Gasteiger partial charge in [0, 0.05) is 33.4 Å². The molecule has 0 fully saturated rings. The highest BCUT2D eigenvalue weighted by Gasteiger charge is 2.21. The fourth-order valence-electron chi connectivity index (χ4n) is 3.69. The minimum atomic E-state index is -0.0134. The lowest BCUT2D eigenvalue weighted by atomic mass is 9.93. The van der Waals surface area contributed by atoms with Crippen molar-refractivity contribution >= 4 is 10.8 Å². The summed E-state index contributed by atoms with van der Waals surface area (Å²) in [5.74, 6) is 1.39. The SMILES string of the molecule is COC.COCOc1cc2c(cc1C)CCn1c-2cc2cccc(OC)c2c1=O. The lowest BCUT2D eigenvalue weighted by Crippen LogP contribution is -2.26. The maximum absolute atomic E-state index is 13.1. The summed E-state index contributed by atoms with van der Waals surface area (Å²) in [6.07, 6.45) is 0.814. The summed E-state index contributed by atoms with van der Waals surface area (Å²) >= 11 is 0. The van der Waals surface area contributed by atoms with Crippen LogP contribution in [0.5, 0.6) is 11.5 Å². The average Bonchev–Trinajstić information content (AvgIpc) is 2.72. The molecule has 3 aromatic rings. The molecule has 6 nitrogen and oxygen atoms in total. The molecule has 154 valence electrons. The average molecular weight is 397 g/mol. The van der Waals surface area contributed by atoms with Crippen LogP contribution in [-0.4, -0.2) is 39.8 Å². The fourth-order valence-corrected chi connectivity index (χ4v) is 3.69. The number of methoxy groups -OCH3 is 3. The van der Waals surface area contributed by atoms with Crippen LogP contribution in [0.2, 0.25) is 0 Å². The predicted octanol–water partition coefficient (Wildman–Crippen LogP) is 3.79. The number of hydrogen-bond donors (Lipinski definition) is 0. The van der Waals surface area contributed by atoms with Gasteiger partial charge in [0.2, 0.25) is 0 Å². The highest BCUT2D eigenvalue weighted by molar-refractivity contribution is 5.91. The third kappa shape index (κ3) is 3.99. The first-order valence-electron chi connectivity index (χ1n) is 9.42. The van der Waals surface area contributed by atoms with Crippen LogP contribution in [-0.2, 0) is 22.4 Å². The van der Waals surface area contributed by atoms with Crippen LogP contribution in [0.15, 0.2) is 41.2 Å². The zero-order chi connectivity index (χ0) is 21.0. The van der Waals surface area contributed by atoms with E-state index in [0.717, 1.165) is 34.4 Å². The van der Waals surface area contributed by atoms with Crippen molar-refractivity contribution in [1.82, 2.24) is 4.57 Å². The van der Waals surface area contributed by atoms with Gasteiger partial charge in [0.25, 0.3) is 5.56 Å². The van der Waals surface area contributed by atoms with E-state index in [-0.39, 0.29) is 12.4 Å². The smallest absolute Gasteiger partial charge is 0.262 e. The van der Waals surface area contributed by atoms with Gasteiger partial charge >= 0.3 is 0 Å². The number of ether oxygens (including phenoxy) is 4. The van der Waals surface area contributed by atoms with Crippen LogP contribution in [0.4, 0.5) is 0 Å². The summed E-state index contributed by atoms with van der Waals surface area (Å²) < 4.78 is 22.2. The van der Waals surface area contributed by atoms with E-state index in [1.165, 1.54) is 5.56 Å². The zero-order valence-electron chi connectivity index (χ0n) is 17.6. The first kappa shape index (κ1) is 20.9. The molecule has 2 heterocycles. The van der Waals surface area contributed by atoms with Crippen LogP contribution < -0.4 is 15.0 Å². The number of aryl methyl sites for hydroxylation is 2. The van der Waals surface area contributed by atoms with E-state index in [4.69, 9.17) is 14.2 Å². The highest BCUT2D eigenvalue weighted by atomic mass is 16.7. The Kier molecular flexibility index (Phi) is 6.56. The first-order chi connectivity index (χ1) is 14.0. The number of rotatable bonds is 4. The Balaban J connectivity index is 0.000000755. The molecule has 1 aromatic heterocycles. The molecule has 1 aliphatic rings. The van der Waals surface area contributed by atoms with Crippen molar-refractivity contribution in [1.29, 1.82) is 0 Å². The van der Waals surface area contributed by atoms with Gasteiger partial charge in [-0.2, -0.15) is 0 Å². The quantitative estimate of drug-likeness (QED) is 0.627. The molecule has 0 radical (unpaired) electrons. The summed E-state index contributed by atoms with van der Waals surface area (Å²) in [7, 11) is 6.44. The van der Waals surface area contributed by atoms with E-state index in [9.17, 15) is 4.79 Å². The Hall–Kier alpha value is -2.83. The second-order valence-corrected chi connectivity index (χ2v) is 6.89. The van der Waals surface area contributed by atoms with Crippen molar-refractivity contribution in [3.63, 3.8) is 0 Å². The van der Waals surface area contributed by atoms with Crippen LogP contribution >= 0.6 is 0 Å². The fraction of sp³-hybridized carbons (Fsp3) is 0.348. The van der Waals surface area contributed by atoms with Crippen LogP contribution in [0.1, 0.15) is 11.1 Å². The second-order valence-electron chi connectivity index (χ2n) is 6.89. The number of benzene rings is 2. The first-order valence-corrected chi connectivity index (χ1v) is 9.42. The van der Waals surface area contributed by atoms with Crippen LogP contribution in [0, 0.1) is 6.92 Å². The molecule has 0 saturated carbocycles. The summed E-state index contributed by atoms with van der Waals surface area (Å²) in [4.78, 5) is 13.1. The van der Waals surface area contributed by atoms with Gasteiger partial charge in [-0.25, -0.2) is 0 Å². The third-order valence-electron chi connectivity index (χ3n) is 4.93. The van der Waals surface area contributed by atoms with Crippen molar-refractivity contribution in [3.8, 4) is 22.8 Å². The topological polar surface area (TPSA) is 58.9 Å². The van der Waals surface area contributed by atoms with Gasteiger partial charge in [-0.1, -0.05) is 18.2 Å². The minimum Gasteiger partial charge on any atom is -0.496 e. The Bertz CT molecular complexity index is 1070. The molecule has 0 saturated heterocycles. The van der Waals surface area contributed by atoms with Gasteiger partial charge in [-0.05, 0) is 48.1 Å². The molecular weight excluding hydrogens is 370 g/mol. The van der Waals surface area contributed by atoms with Crippen molar-refractivity contribution in [2.45, 2.75) is 19.9 Å². The lowest BCUT2D eigenvalue weighted by molar-refractivity contribution is 0.0506. The molecule has 6 heteroatoms. The van der Waals surface area contributed by atoms with Gasteiger partial charge in [0.05, 0.1) is 18.2 Å². The van der Waals surface area contributed by atoms with Gasteiger partial charge < -0.3 is 23.5 Å². The molecule has 1 aliphatic heterocycles. The highest BCUT2D eigenvalue weighted by Crippen LogP contribution is 2.36. The second kappa shape index (κ2) is 9.11. The monoisotopic (exact) mass is 397 g/mol. The van der Waals surface area contributed by atoms with Crippen molar-refractivity contribution < 1.29 is 18.9 Å². The van der Waals surface area contributed by atoms with Gasteiger partial charge in [-0.3, -0.25) is 4.79 Å². The van der Waals surface area contributed by atoms with Crippen molar-refractivity contribution in [2.24, 2.45) is 0 Å². The normalized spacial score (nSPS) is 11.9. The summed E-state index contributed by atoms with van der Waals surface area (Å²) in [5, 5.41) is 1.51. The molecule has 0 atom stereocenters. The molecule has 0 spiro atoms. The Morgan fingerprint density at radius 2 is 1.79 bits per heavy atom. The molecule has 0 aliphatic carbocycles. The van der Waals surface area contributed by atoms with Crippen molar-refractivity contribution in [2.75, 3.05) is 35.2 Å². The maximum atomic E-state index is 13.1. The van der Waals surface area contributed by atoms with E-state index in [1.54, 1.807) is 28.4 Å².